The van der Waals surface area contributed by atoms with Gasteiger partial charge in [-0.3, -0.25) is 0 Å². The van der Waals surface area contributed by atoms with Crippen LogP contribution >= 0.6 is 0 Å². The summed E-state index contributed by atoms with van der Waals surface area (Å²) in [7, 11) is 0. The normalized spacial score (nSPS) is 34.9. The van der Waals surface area contributed by atoms with Crippen LogP contribution in [0.15, 0.2) is 0 Å². The molecule has 14 heavy (non-hydrogen) atoms. The number of ether oxygens (including phenoxy) is 2. The van der Waals surface area contributed by atoms with Crippen LogP contribution in [-0.4, -0.2) is 30.7 Å². The summed E-state index contributed by atoms with van der Waals surface area (Å²) in [6.45, 7) is 6.10. The molecule has 2 aliphatic rings. The second-order valence-electron chi connectivity index (χ2n) is 5.44. The van der Waals surface area contributed by atoms with E-state index >= 15 is 0 Å². The minimum atomic E-state index is -0.358. The number of aliphatic hydroxyl groups excluding tert-OH is 1. The van der Waals surface area contributed by atoms with Crippen molar-refractivity contribution in [3.8, 4) is 0 Å². The number of aliphatic hydroxyl groups is 1. The molecule has 1 heterocycles. The van der Waals surface area contributed by atoms with Crippen LogP contribution in [-0.2, 0) is 9.47 Å². The van der Waals surface area contributed by atoms with E-state index in [1.807, 2.05) is 0 Å². The number of hydrogen-bond donors (Lipinski definition) is 1. The van der Waals surface area contributed by atoms with Crippen molar-refractivity contribution >= 4 is 0 Å². The second kappa shape index (κ2) is 3.47. The fraction of sp³-hybridized carbons (Fsp3) is 1.00. The summed E-state index contributed by atoms with van der Waals surface area (Å²) < 4.78 is 11.7. The van der Waals surface area contributed by atoms with Crippen LogP contribution in [0.1, 0.15) is 33.1 Å². The van der Waals surface area contributed by atoms with E-state index in [1.54, 1.807) is 0 Å². The summed E-state index contributed by atoms with van der Waals surface area (Å²) in [5.41, 5.74) is 0.141. The minimum Gasteiger partial charge on any atom is -0.396 e. The zero-order valence-electron chi connectivity index (χ0n) is 9.08. The highest BCUT2D eigenvalue weighted by molar-refractivity contribution is 4.87. The number of hydrogen-bond acceptors (Lipinski definition) is 3. The molecule has 1 spiro atoms. The zero-order valence-corrected chi connectivity index (χ0v) is 9.08. The van der Waals surface area contributed by atoms with Crippen molar-refractivity contribution in [2.24, 2.45) is 11.3 Å². The number of rotatable bonds is 1. The molecule has 2 rings (SSSR count). The van der Waals surface area contributed by atoms with Crippen molar-refractivity contribution in [2.75, 3.05) is 19.8 Å². The van der Waals surface area contributed by atoms with E-state index in [1.165, 1.54) is 0 Å². The molecule has 1 saturated heterocycles. The van der Waals surface area contributed by atoms with Gasteiger partial charge in [-0.05, 0) is 12.3 Å². The quantitative estimate of drug-likeness (QED) is 0.698. The molecule has 1 N–H and O–H groups in total. The lowest BCUT2D eigenvalue weighted by molar-refractivity contribution is -0.296. The highest BCUT2D eigenvalue weighted by atomic mass is 16.7. The molecule has 3 nitrogen and oxygen atoms in total. The first-order valence-electron chi connectivity index (χ1n) is 5.44. The fourth-order valence-electron chi connectivity index (χ4n) is 2.22. The molecule has 1 aliphatic heterocycles. The molecule has 0 unspecified atom stereocenters. The maximum Gasteiger partial charge on any atom is 0.168 e. The lowest BCUT2D eigenvalue weighted by Crippen LogP contribution is -2.46. The highest BCUT2D eigenvalue weighted by Gasteiger charge is 2.45. The Hall–Kier alpha value is -0.120. The van der Waals surface area contributed by atoms with E-state index in [0.29, 0.717) is 5.92 Å². The first kappa shape index (κ1) is 10.4. The summed E-state index contributed by atoms with van der Waals surface area (Å²) in [6.07, 6.45) is 2.82. The standard InChI is InChI=1S/C11H20O3/c1-10(2)7-13-11(14-8-10)4-3-9(5-11)6-12/h9,12H,3-8H2,1-2H3/t9-/m0/s1. The largest absolute Gasteiger partial charge is 0.396 e. The molecule has 1 aliphatic carbocycles. The lowest BCUT2D eigenvalue weighted by atomic mass is 9.94. The predicted octanol–water partition coefficient (Wildman–Crippen LogP) is 1.55. The molecule has 2 fully saturated rings. The molecule has 0 amide bonds. The summed E-state index contributed by atoms with van der Waals surface area (Å²) in [5.74, 6) is 0.0133. The van der Waals surface area contributed by atoms with Crippen LogP contribution < -0.4 is 0 Å². The summed E-state index contributed by atoms with van der Waals surface area (Å²) in [6, 6.07) is 0. The van der Waals surface area contributed by atoms with E-state index in [2.05, 4.69) is 13.8 Å². The Kier molecular flexibility index (Phi) is 2.58. The van der Waals surface area contributed by atoms with Gasteiger partial charge >= 0.3 is 0 Å². The highest BCUT2D eigenvalue weighted by Crippen LogP contribution is 2.42. The van der Waals surface area contributed by atoms with Gasteiger partial charge in [0.25, 0.3) is 0 Å². The Balaban J connectivity index is 1.94. The second-order valence-corrected chi connectivity index (χ2v) is 5.44. The van der Waals surface area contributed by atoms with Crippen LogP contribution in [0.4, 0.5) is 0 Å². The average molecular weight is 200 g/mol. The summed E-state index contributed by atoms with van der Waals surface area (Å²) in [4.78, 5) is 0. The summed E-state index contributed by atoms with van der Waals surface area (Å²) >= 11 is 0. The van der Waals surface area contributed by atoms with Crippen LogP contribution in [0.5, 0.6) is 0 Å². The molecule has 3 heteroatoms. The Labute approximate surface area is 85.4 Å². The Morgan fingerprint density at radius 3 is 2.43 bits per heavy atom. The molecule has 82 valence electrons. The average Bonchev–Trinajstić information content (AvgIpc) is 2.56. The van der Waals surface area contributed by atoms with Crippen molar-refractivity contribution in [2.45, 2.75) is 38.9 Å². The minimum absolute atomic E-state index is 0.141. The third-order valence-corrected chi connectivity index (χ3v) is 3.24. The van der Waals surface area contributed by atoms with Crippen molar-refractivity contribution in [3.63, 3.8) is 0 Å². The van der Waals surface area contributed by atoms with Gasteiger partial charge in [0.05, 0.1) is 13.2 Å². The van der Waals surface area contributed by atoms with Crippen LogP contribution in [0.2, 0.25) is 0 Å². The smallest absolute Gasteiger partial charge is 0.168 e. The molecule has 0 radical (unpaired) electrons. The van der Waals surface area contributed by atoms with Crippen molar-refractivity contribution in [1.82, 2.24) is 0 Å². The van der Waals surface area contributed by atoms with Crippen molar-refractivity contribution in [3.05, 3.63) is 0 Å². The van der Waals surface area contributed by atoms with E-state index in [4.69, 9.17) is 14.6 Å². The molecule has 0 bridgehead atoms. The first-order chi connectivity index (χ1) is 6.55. The maximum atomic E-state index is 9.07. The molecular weight excluding hydrogens is 180 g/mol. The Bertz CT molecular complexity index is 203. The lowest BCUT2D eigenvalue weighted by Gasteiger charge is -2.41. The van der Waals surface area contributed by atoms with Gasteiger partial charge in [0.1, 0.15) is 0 Å². The van der Waals surface area contributed by atoms with Crippen molar-refractivity contribution in [1.29, 1.82) is 0 Å². The predicted molar refractivity (Wildman–Crippen MR) is 52.8 cm³/mol. The molecular formula is C11H20O3. The van der Waals surface area contributed by atoms with Crippen LogP contribution in [0, 0.1) is 11.3 Å². The van der Waals surface area contributed by atoms with Crippen LogP contribution in [0.25, 0.3) is 0 Å². The first-order valence-corrected chi connectivity index (χ1v) is 5.44. The third kappa shape index (κ3) is 1.95. The van der Waals surface area contributed by atoms with Gasteiger partial charge in [-0.1, -0.05) is 13.8 Å². The Morgan fingerprint density at radius 2 is 1.93 bits per heavy atom. The van der Waals surface area contributed by atoms with E-state index in [9.17, 15) is 0 Å². The van der Waals surface area contributed by atoms with Gasteiger partial charge in [-0.2, -0.15) is 0 Å². The van der Waals surface area contributed by atoms with Gasteiger partial charge < -0.3 is 14.6 Å². The van der Waals surface area contributed by atoms with Gasteiger partial charge in [-0.15, -0.1) is 0 Å². The van der Waals surface area contributed by atoms with Gasteiger partial charge in [0.15, 0.2) is 5.79 Å². The Morgan fingerprint density at radius 1 is 1.29 bits per heavy atom. The molecule has 1 atom stereocenters. The van der Waals surface area contributed by atoms with Gasteiger partial charge in [0.2, 0.25) is 0 Å². The van der Waals surface area contributed by atoms with E-state index in [0.717, 1.165) is 32.5 Å². The third-order valence-electron chi connectivity index (χ3n) is 3.24. The monoisotopic (exact) mass is 200 g/mol. The SMILES string of the molecule is CC1(C)COC2(CC[C@H](CO)C2)OC1. The topological polar surface area (TPSA) is 38.7 Å². The van der Waals surface area contributed by atoms with Gasteiger partial charge in [0, 0.05) is 24.9 Å². The van der Waals surface area contributed by atoms with Crippen LogP contribution in [0.3, 0.4) is 0 Å². The molecule has 0 aromatic rings. The van der Waals surface area contributed by atoms with E-state index in [-0.39, 0.29) is 17.8 Å². The molecule has 1 saturated carbocycles. The maximum absolute atomic E-state index is 9.07. The zero-order chi connectivity index (χ0) is 10.2. The fourth-order valence-corrected chi connectivity index (χ4v) is 2.22. The van der Waals surface area contributed by atoms with E-state index < -0.39 is 0 Å². The summed E-state index contributed by atoms with van der Waals surface area (Å²) in [5, 5.41) is 9.07. The van der Waals surface area contributed by atoms with Gasteiger partial charge in [-0.25, -0.2) is 0 Å². The van der Waals surface area contributed by atoms with Crippen molar-refractivity contribution < 1.29 is 14.6 Å². The molecule has 0 aromatic heterocycles. The molecule has 0 aromatic carbocycles.